The standard InChI is InChI=1S/C25H23F7N2O6S/c1-22(12-21(36)40-13-22)33-20(35)11-17-6-2-14-10-15(23(37,24(27,28)29)25(30,31)32)3-9-19(14)34(17)41(38,39)18-7-4-16(26)5-8-18/h3-5,7-10,17,37H,2,6,11-13H2,1H3,(H,33,35)/t17-,22?/m0/s1. The van der Waals surface area contributed by atoms with Gasteiger partial charge in [-0.25, -0.2) is 12.8 Å². The van der Waals surface area contributed by atoms with Crippen molar-refractivity contribution >= 4 is 27.6 Å². The molecule has 0 aliphatic carbocycles. The van der Waals surface area contributed by atoms with Crippen molar-refractivity contribution in [2.24, 2.45) is 0 Å². The number of ether oxygens (including phenoxy) is 1. The monoisotopic (exact) mass is 612 g/mol. The number of alkyl halides is 6. The van der Waals surface area contributed by atoms with Gasteiger partial charge in [-0.1, -0.05) is 12.1 Å². The van der Waals surface area contributed by atoms with E-state index in [9.17, 15) is 53.8 Å². The molecule has 1 unspecified atom stereocenters. The van der Waals surface area contributed by atoms with E-state index in [-0.39, 0.29) is 37.1 Å². The van der Waals surface area contributed by atoms with Crippen LogP contribution in [0.3, 0.4) is 0 Å². The molecule has 41 heavy (non-hydrogen) atoms. The zero-order valence-corrected chi connectivity index (χ0v) is 22.0. The van der Waals surface area contributed by atoms with Crippen molar-refractivity contribution in [3.63, 3.8) is 0 Å². The molecule has 2 aliphatic heterocycles. The number of benzene rings is 2. The smallest absolute Gasteiger partial charge is 0.430 e. The number of carbonyl (C=O) groups is 2. The molecule has 16 heteroatoms. The highest BCUT2D eigenvalue weighted by Crippen LogP contribution is 2.51. The molecular formula is C25H23F7N2O6S. The van der Waals surface area contributed by atoms with Crippen molar-refractivity contribution in [2.75, 3.05) is 10.9 Å². The van der Waals surface area contributed by atoms with Gasteiger partial charge in [-0.2, -0.15) is 26.3 Å². The third-order valence-corrected chi connectivity index (χ3v) is 8.83. The molecule has 2 aromatic rings. The van der Waals surface area contributed by atoms with Crippen LogP contribution < -0.4 is 9.62 Å². The average molecular weight is 613 g/mol. The zero-order chi connectivity index (χ0) is 30.6. The van der Waals surface area contributed by atoms with E-state index in [1.807, 2.05) is 0 Å². The van der Waals surface area contributed by atoms with E-state index in [4.69, 9.17) is 4.74 Å². The number of cyclic esters (lactones) is 1. The first kappa shape index (κ1) is 30.6. The highest BCUT2D eigenvalue weighted by atomic mass is 32.2. The van der Waals surface area contributed by atoms with Gasteiger partial charge in [0.15, 0.2) is 0 Å². The second-order valence-electron chi connectivity index (χ2n) is 10.1. The number of rotatable bonds is 6. The topological polar surface area (TPSA) is 113 Å². The summed E-state index contributed by atoms with van der Waals surface area (Å²) in [6.45, 7) is 1.40. The predicted octanol–water partition coefficient (Wildman–Crippen LogP) is 3.86. The highest BCUT2D eigenvalue weighted by Gasteiger charge is 2.71. The number of anilines is 1. The van der Waals surface area contributed by atoms with Gasteiger partial charge in [0, 0.05) is 12.0 Å². The number of sulfonamides is 1. The SMILES string of the molecule is CC1(NC(=O)C[C@@H]2CCc3cc(C(O)(C(F)(F)F)C(F)(F)F)ccc3N2S(=O)(=O)c2ccc(F)cc2)COC(=O)C1. The van der Waals surface area contributed by atoms with E-state index in [2.05, 4.69) is 5.32 Å². The van der Waals surface area contributed by atoms with Gasteiger partial charge in [0.05, 0.1) is 28.6 Å². The summed E-state index contributed by atoms with van der Waals surface area (Å²) in [6, 6.07) is 3.79. The Morgan fingerprint density at radius 1 is 1.10 bits per heavy atom. The van der Waals surface area contributed by atoms with Crippen LogP contribution in [-0.4, -0.2) is 55.9 Å². The molecule has 0 radical (unpaired) electrons. The number of nitrogens with zero attached hydrogens (tertiary/aromatic N) is 1. The van der Waals surface area contributed by atoms with E-state index in [1.54, 1.807) is 0 Å². The number of hydrogen-bond acceptors (Lipinski definition) is 6. The molecular weight excluding hydrogens is 589 g/mol. The van der Waals surface area contributed by atoms with Crippen LogP contribution in [0, 0.1) is 5.82 Å². The lowest BCUT2D eigenvalue weighted by molar-refractivity contribution is -0.376. The Labute approximate surface area is 229 Å². The van der Waals surface area contributed by atoms with Crippen LogP contribution in [-0.2, 0) is 36.4 Å². The van der Waals surface area contributed by atoms with E-state index in [0.717, 1.165) is 24.3 Å². The molecule has 1 fully saturated rings. The van der Waals surface area contributed by atoms with Crippen LogP contribution in [0.1, 0.15) is 37.3 Å². The normalized spacial score (nSPS) is 21.8. The summed E-state index contributed by atoms with van der Waals surface area (Å²) in [6.07, 6.45) is -13.4. The maximum absolute atomic E-state index is 13.7. The number of aliphatic hydroxyl groups is 1. The summed E-state index contributed by atoms with van der Waals surface area (Å²) in [5.74, 6) is -2.03. The molecule has 0 aromatic heterocycles. The molecule has 0 spiro atoms. The molecule has 224 valence electrons. The first-order chi connectivity index (χ1) is 18.8. The zero-order valence-electron chi connectivity index (χ0n) is 21.1. The van der Waals surface area contributed by atoms with Gasteiger partial charge in [0.2, 0.25) is 5.91 Å². The number of fused-ring (bicyclic) bond motifs is 1. The van der Waals surface area contributed by atoms with E-state index < -0.39 is 74.1 Å². The number of aryl methyl sites for hydroxylation is 1. The van der Waals surface area contributed by atoms with Crippen molar-refractivity contribution < 1.29 is 58.6 Å². The van der Waals surface area contributed by atoms with Gasteiger partial charge in [-0.3, -0.25) is 13.9 Å². The van der Waals surface area contributed by atoms with Gasteiger partial charge in [0.25, 0.3) is 15.6 Å². The number of hydrogen-bond donors (Lipinski definition) is 2. The first-order valence-electron chi connectivity index (χ1n) is 12.0. The Morgan fingerprint density at radius 2 is 1.71 bits per heavy atom. The summed E-state index contributed by atoms with van der Waals surface area (Å²) in [4.78, 5) is 24.0. The summed E-state index contributed by atoms with van der Waals surface area (Å²) in [7, 11) is -4.64. The Balaban J connectivity index is 1.77. The molecule has 2 N–H and O–H groups in total. The third-order valence-electron chi connectivity index (χ3n) is 6.95. The summed E-state index contributed by atoms with van der Waals surface area (Å²) < 4.78 is 127. The Morgan fingerprint density at radius 3 is 2.24 bits per heavy atom. The summed E-state index contributed by atoms with van der Waals surface area (Å²) in [5.41, 5.74) is -8.46. The van der Waals surface area contributed by atoms with Gasteiger partial charge in [-0.15, -0.1) is 0 Å². The number of carbonyl (C=O) groups excluding carboxylic acids is 2. The third kappa shape index (κ3) is 5.58. The molecule has 0 bridgehead atoms. The minimum Gasteiger partial charge on any atom is -0.463 e. The van der Waals surface area contributed by atoms with Crippen LogP contribution in [0.4, 0.5) is 36.4 Å². The number of nitrogens with one attached hydrogen (secondary N) is 1. The van der Waals surface area contributed by atoms with Gasteiger partial charge in [-0.05, 0) is 55.7 Å². The molecule has 1 amide bonds. The fourth-order valence-electron chi connectivity index (χ4n) is 4.92. The minimum atomic E-state index is -6.16. The average Bonchev–Trinajstić information content (AvgIpc) is 3.19. The molecule has 2 aliphatic rings. The quantitative estimate of drug-likeness (QED) is 0.379. The van der Waals surface area contributed by atoms with E-state index >= 15 is 0 Å². The van der Waals surface area contributed by atoms with Crippen LogP contribution in [0.15, 0.2) is 47.4 Å². The van der Waals surface area contributed by atoms with Gasteiger partial charge in [0.1, 0.15) is 12.4 Å². The highest BCUT2D eigenvalue weighted by molar-refractivity contribution is 7.92. The first-order valence-corrected chi connectivity index (χ1v) is 13.5. The lowest BCUT2D eigenvalue weighted by Gasteiger charge is -2.39. The Kier molecular flexibility index (Phi) is 7.56. The largest absolute Gasteiger partial charge is 0.463 e. The molecule has 8 nitrogen and oxygen atoms in total. The predicted molar refractivity (Wildman–Crippen MR) is 127 cm³/mol. The Hall–Kier alpha value is -3.40. The molecule has 1 saturated heterocycles. The van der Waals surface area contributed by atoms with E-state index in [1.165, 1.54) is 6.92 Å². The lowest BCUT2D eigenvalue weighted by atomic mass is 9.87. The number of esters is 1. The fourth-order valence-corrected chi connectivity index (χ4v) is 6.64. The van der Waals surface area contributed by atoms with Crippen molar-refractivity contribution in [3.8, 4) is 0 Å². The Bertz CT molecular complexity index is 1450. The molecule has 2 aromatic carbocycles. The second kappa shape index (κ2) is 10.2. The summed E-state index contributed by atoms with van der Waals surface area (Å²) in [5, 5.41) is 12.4. The lowest BCUT2D eigenvalue weighted by Crippen LogP contribution is -2.54. The molecule has 2 atom stereocenters. The second-order valence-corrected chi connectivity index (χ2v) is 12.0. The summed E-state index contributed by atoms with van der Waals surface area (Å²) >= 11 is 0. The van der Waals surface area contributed by atoms with Crippen LogP contribution in [0.25, 0.3) is 0 Å². The molecule has 4 rings (SSSR count). The maximum Gasteiger partial charge on any atom is 0.430 e. The van der Waals surface area contributed by atoms with Crippen LogP contribution in [0.2, 0.25) is 0 Å². The molecule has 0 saturated carbocycles. The van der Waals surface area contributed by atoms with Crippen molar-refractivity contribution in [3.05, 3.63) is 59.4 Å². The minimum absolute atomic E-state index is 0.132. The van der Waals surface area contributed by atoms with Crippen molar-refractivity contribution in [1.82, 2.24) is 5.32 Å². The van der Waals surface area contributed by atoms with Crippen molar-refractivity contribution in [2.45, 2.75) is 67.0 Å². The van der Waals surface area contributed by atoms with E-state index in [0.29, 0.717) is 22.5 Å². The number of amides is 1. The molecule has 2 heterocycles. The number of halogens is 7. The van der Waals surface area contributed by atoms with Gasteiger partial charge >= 0.3 is 18.3 Å². The van der Waals surface area contributed by atoms with Crippen LogP contribution >= 0.6 is 0 Å². The fraction of sp³-hybridized carbons (Fsp3) is 0.440. The maximum atomic E-state index is 13.7. The van der Waals surface area contributed by atoms with Crippen LogP contribution in [0.5, 0.6) is 0 Å². The van der Waals surface area contributed by atoms with Gasteiger partial charge < -0.3 is 15.2 Å². The van der Waals surface area contributed by atoms with Crippen molar-refractivity contribution in [1.29, 1.82) is 0 Å².